The number of aliphatic hydroxyl groups is 1. The van der Waals surface area contributed by atoms with Crippen LogP contribution in [0.15, 0.2) is 11.4 Å². The molecule has 1 rings (SSSR count). The number of amides is 2. The quantitative estimate of drug-likeness (QED) is 0.797. The smallest absolute Gasteiger partial charge is 0.254 e. The Labute approximate surface area is 122 Å². The number of nitrogens with zero attached hydrogens (tertiary/aromatic N) is 1. The maximum atomic E-state index is 12.2. The molecule has 0 aromatic carbocycles. The van der Waals surface area contributed by atoms with Gasteiger partial charge in [-0.2, -0.15) is 0 Å². The Morgan fingerprint density at radius 1 is 1.55 bits per heavy atom. The molecule has 0 fully saturated rings. The van der Waals surface area contributed by atoms with E-state index in [2.05, 4.69) is 17.2 Å². The van der Waals surface area contributed by atoms with Gasteiger partial charge >= 0.3 is 0 Å². The van der Waals surface area contributed by atoms with Crippen molar-refractivity contribution in [3.63, 3.8) is 0 Å². The van der Waals surface area contributed by atoms with Crippen LogP contribution in [-0.4, -0.2) is 49.1 Å². The highest BCUT2D eigenvalue weighted by Gasteiger charge is 2.19. The van der Waals surface area contributed by atoms with Crippen LogP contribution in [0.25, 0.3) is 0 Å². The molecule has 1 heterocycles. The van der Waals surface area contributed by atoms with Gasteiger partial charge in [0.2, 0.25) is 5.91 Å². The van der Waals surface area contributed by atoms with E-state index in [1.807, 2.05) is 0 Å². The van der Waals surface area contributed by atoms with E-state index in [4.69, 9.17) is 5.11 Å². The fraction of sp³-hybridized carbons (Fsp3) is 0.429. The number of carbonyl (C=O) groups is 2. The normalized spacial score (nSPS) is 11.2. The van der Waals surface area contributed by atoms with Crippen LogP contribution >= 0.6 is 11.3 Å². The standard InChI is InChI=1S/C14H18N2O3S/c1-10(13(18)15-2)8-16(3)14(19)11-7-12(20-9-11)5-4-6-17/h7,9-10,17H,6,8H2,1-3H3,(H,15,18). The summed E-state index contributed by atoms with van der Waals surface area (Å²) in [6, 6.07) is 1.69. The molecule has 0 aliphatic heterocycles. The zero-order valence-corrected chi connectivity index (χ0v) is 12.6. The molecule has 0 aliphatic rings. The molecule has 5 nitrogen and oxygen atoms in total. The first-order valence-electron chi connectivity index (χ1n) is 6.15. The van der Waals surface area contributed by atoms with Gasteiger partial charge < -0.3 is 15.3 Å². The average molecular weight is 294 g/mol. The van der Waals surface area contributed by atoms with Gasteiger partial charge in [-0.1, -0.05) is 18.8 Å². The van der Waals surface area contributed by atoms with Gasteiger partial charge in [-0.3, -0.25) is 9.59 Å². The van der Waals surface area contributed by atoms with E-state index >= 15 is 0 Å². The Kier molecular flexibility index (Phi) is 6.22. The van der Waals surface area contributed by atoms with Gasteiger partial charge in [0, 0.05) is 26.0 Å². The highest BCUT2D eigenvalue weighted by atomic mass is 32.1. The molecule has 6 heteroatoms. The second-order valence-corrected chi connectivity index (χ2v) is 5.27. The fourth-order valence-electron chi connectivity index (χ4n) is 1.68. The van der Waals surface area contributed by atoms with Crippen LogP contribution in [0.1, 0.15) is 22.2 Å². The molecule has 108 valence electrons. The zero-order chi connectivity index (χ0) is 15.1. The predicted molar refractivity (Wildman–Crippen MR) is 78.5 cm³/mol. The maximum Gasteiger partial charge on any atom is 0.254 e. The van der Waals surface area contributed by atoms with Crippen LogP contribution in [0.5, 0.6) is 0 Å². The second-order valence-electron chi connectivity index (χ2n) is 4.36. The molecule has 1 aromatic heterocycles. The van der Waals surface area contributed by atoms with E-state index in [0.29, 0.717) is 12.1 Å². The largest absolute Gasteiger partial charge is 0.384 e. The van der Waals surface area contributed by atoms with E-state index < -0.39 is 0 Å². The molecule has 20 heavy (non-hydrogen) atoms. The van der Waals surface area contributed by atoms with Gasteiger partial charge in [-0.05, 0) is 6.07 Å². The molecule has 0 saturated carbocycles. The number of hydrogen-bond acceptors (Lipinski definition) is 4. The van der Waals surface area contributed by atoms with Crippen molar-refractivity contribution in [2.45, 2.75) is 6.92 Å². The van der Waals surface area contributed by atoms with E-state index in [-0.39, 0.29) is 24.3 Å². The molecule has 0 bridgehead atoms. The Morgan fingerprint density at radius 3 is 2.85 bits per heavy atom. The van der Waals surface area contributed by atoms with E-state index in [9.17, 15) is 9.59 Å². The van der Waals surface area contributed by atoms with Gasteiger partial charge in [0.05, 0.1) is 16.4 Å². The van der Waals surface area contributed by atoms with Crippen molar-refractivity contribution in [2.75, 3.05) is 27.2 Å². The van der Waals surface area contributed by atoms with Gasteiger partial charge in [0.1, 0.15) is 6.61 Å². The lowest BCUT2D eigenvalue weighted by Gasteiger charge is -2.20. The summed E-state index contributed by atoms with van der Waals surface area (Å²) in [5.74, 6) is 4.80. The molecular formula is C14H18N2O3S. The van der Waals surface area contributed by atoms with Crippen LogP contribution < -0.4 is 5.32 Å². The van der Waals surface area contributed by atoms with E-state index in [1.54, 1.807) is 32.5 Å². The lowest BCUT2D eigenvalue weighted by molar-refractivity contribution is -0.124. The third kappa shape index (κ3) is 4.37. The maximum absolute atomic E-state index is 12.2. The number of carbonyl (C=O) groups excluding carboxylic acids is 2. The summed E-state index contributed by atoms with van der Waals surface area (Å²) in [6.07, 6.45) is 0. The zero-order valence-electron chi connectivity index (χ0n) is 11.8. The SMILES string of the molecule is CNC(=O)C(C)CN(C)C(=O)c1csc(C#CCO)c1. The van der Waals surface area contributed by atoms with E-state index in [1.165, 1.54) is 16.2 Å². The Bertz CT molecular complexity index is 542. The van der Waals surface area contributed by atoms with Crippen molar-refractivity contribution in [3.8, 4) is 11.8 Å². The van der Waals surface area contributed by atoms with Crippen LogP contribution in [-0.2, 0) is 4.79 Å². The average Bonchev–Trinajstić information content (AvgIpc) is 2.91. The molecule has 0 spiro atoms. The fourth-order valence-corrected chi connectivity index (χ4v) is 2.43. The highest BCUT2D eigenvalue weighted by Crippen LogP contribution is 2.15. The second kappa shape index (κ2) is 7.68. The highest BCUT2D eigenvalue weighted by molar-refractivity contribution is 7.10. The first-order valence-corrected chi connectivity index (χ1v) is 7.02. The molecule has 1 aromatic rings. The first-order chi connectivity index (χ1) is 9.49. The van der Waals surface area contributed by atoms with Crippen molar-refractivity contribution in [2.24, 2.45) is 5.92 Å². The number of rotatable bonds is 4. The summed E-state index contributed by atoms with van der Waals surface area (Å²) in [4.78, 5) is 25.9. The predicted octanol–water partition coefficient (Wildman–Crippen LogP) is 0.546. The summed E-state index contributed by atoms with van der Waals surface area (Å²) in [7, 11) is 3.24. The van der Waals surface area contributed by atoms with Gasteiger partial charge in [-0.25, -0.2) is 0 Å². The van der Waals surface area contributed by atoms with Crippen molar-refractivity contribution in [1.82, 2.24) is 10.2 Å². The molecule has 0 aliphatic carbocycles. The number of thiophene rings is 1. The molecule has 2 N–H and O–H groups in total. The van der Waals surface area contributed by atoms with Crippen molar-refractivity contribution < 1.29 is 14.7 Å². The lowest BCUT2D eigenvalue weighted by atomic mass is 10.1. The molecule has 1 atom stereocenters. The lowest BCUT2D eigenvalue weighted by Crippen LogP contribution is -2.37. The van der Waals surface area contributed by atoms with Crippen LogP contribution in [0.4, 0.5) is 0 Å². The molecule has 1 unspecified atom stereocenters. The number of aliphatic hydroxyl groups excluding tert-OH is 1. The van der Waals surface area contributed by atoms with Crippen LogP contribution in [0, 0.1) is 17.8 Å². The number of nitrogens with one attached hydrogen (secondary N) is 1. The molecular weight excluding hydrogens is 276 g/mol. The first kappa shape index (κ1) is 16.2. The third-order valence-electron chi connectivity index (χ3n) is 2.73. The van der Waals surface area contributed by atoms with Gasteiger partial charge in [-0.15, -0.1) is 11.3 Å². The summed E-state index contributed by atoms with van der Waals surface area (Å²) in [5, 5.41) is 12.9. The van der Waals surface area contributed by atoms with Crippen molar-refractivity contribution in [1.29, 1.82) is 0 Å². The third-order valence-corrected chi connectivity index (χ3v) is 3.57. The molecule has 0 saturated heterocycles. The van der Waals surface area contributed by atoms with Crippen molar-refractivity contribution in [3.05, 3.63) is 21.9 Å². The Morgan fingerprint density at radius 2 is 2.25 bits per heavy atom. The Balaban J connectivity index is 2.69. The monoisotopic (exact) mass is 294 g/mol. The molecule has 2 amide bonds. The minimum absolute atomic E-state index is 0.0931. The van der Waals surface area contributed by atoms with Crippen LogP contribution in [0.2, 0.25) is 0 Å². The van der Waals surface area contributed by atoms with Crippen molar-refractivity contribution >= 4 is 23.2 Å². The number of hydrogen-bond donors (Lipinski definition) is 2. The topological polar surface area (TPSA) is 69.6 Å². The van der Waals surface area contributed by atoms with Crippen LogP contribution in [0.3, 0.4) is 0 Å². The summed E-state index contributed by atoms with van der Waals surface area (Å²) >= 11 is 1.35. The minimum Gasteiger partial charge on any atom is -0.384 e. The van der Waals surface area contributed by atoms with Gasteiger partial charge in [0.15, 0.2) is 0 Å². The van der Waals surface area contributed by atoms with Gasteiger partial charge in [0.25, 0.3) is 5.91 Å². The summed E-state index contributed by atoms with van der Waals surface area (Å²) in [6.45, 7) is 1.92. The molecule has 0 radical (unpaired) electrons. The minimum atomic E-state index is -0.263. The summed E-state index contributed by atoms with van der Waals surface area (Å²) in [5.41, 5.74) is 0.545. The Hall–Kier alpha value is -1.84. The van der Waals surface area contributed by atoms with E-state index in [0.717, 1.165) is 4.88 Å². The summed E-state index contributed by atoms with van der Waals surface area (Å²) < 4.78 is 0.